The van der Waals surface area contributed by atoms with E-state index in [4.69, 9.17) is 16.3 Å². The maximum Gasteiger partial charge on any atom is 0.345 e. The number of rotatable bonds is 5. The fourth-order valence-corrected chi connectivity index (χ4v) is 2.11. The number of nitro benzene ring substituents is 1. The fraction of sp³-hybridized carbons (Fsp3) is 0.133. The molecule has 0 aliphatic carbocycles. The fourth-order valence-electron chi connectivity index (χ4n) is 1.94. The highest BCUT2D eigenvalue weighted by Crippen LogP contribution is 2.23. The molecule has 0 unspecified atom stereocenters. The maximum absolute atomic E-state index is 12.0. The molecule has 24 heavy (non-hydrogen) atoms. The number of halogens is 1. The molecular formula is C15H12ClN3O5. The largest absolute Gasteiger partial charge is 0.452 e. The van der Waals surface area contributed by atoms with Crippen LogP contribution in [0.3, 0.4) is 0 Å². The highest BCUT2D eigenvalue weighted by molar-refractivity contribution is 6.32. The Morgan fingerprint density at radius 3 is 2.75 bits per heavy atom. The van der Waals surface area contributed by atoms with Gasteiger partial charge in [-0.1, -0.05) is 23.7 Å². The van der Waals surface area contributed by atoms with Crippen molar-refractivity contribution < 1.29 is 19.2 Å². The molecule has 1 heterocycles. The highest BCUT2D eigenvalue weighted by Gasteiger charge is 2.24. The Labute approximate surface area is 141 Å². The Kier molecular flexibility index (Phi) is 5.43. The molecule has 0 radical (unpaired) electrons. The zero-order valence-electron chi connectivity index (χ0n) is 12.5. The molecule has 9 heteroatoms. The van der Waals surface area contributed by atoms with Crippen molar-refractivity contribution in [3.63, 3.8) is 0 Å². The molecule has 8 nitrogen and oxygen atoms in total. The van der Waals surface area contributed by atoms with Gasteiger partial charge < -0.3 is 10.1 Å². The first-order chi connectivity index (χ1) is 11.4. The van der Waals surface area contributed by atoms with E-state index in [1.165, 1.54) is 37.4 Å². The number of nitro groups is 1. The summed E-state index contributed by atoms with van der Waals surface area (Å²) in [6.07, 6.45) is 1.45. The quantitative estimate of drug-likeness (QED) is 0.384. The lowest BCUT2D eigenvalue weighted by atomic mass is 10.1. The van der Waals surface area contributed by atoms with E-state index in [1.807, 2.05) is 0 Å². The predicted molar refractivity (Wildman–Crippen MR) is 86.0 cm³/mol. The average Bonchev–Trinajstić information content (AvgIpc) is 2.54. The van der Waals surface area contributed by atoms with E-state index in [1.54, 1.807) is 6.07 Å². The molecule has 0 saturated carbocycles. The van der Waals surface area contributed by atoms with Gasteiger partial charge in [-0.3, -0.25) is 14.9 Å². The smallest absolute Gasteiger partial charge is 0.345 e. The number of nitrogens with one attached hydrogen (secondary N) is 1. The molecule has 1 aromatic carbocycles. The summed E-state index contributed by atoms with van der Waals surface area (Å²) in [5.74, 6) is -1.61. The van der Waals surface area contributed by atoms with E-state index in [0.717, 1.165) is 0 Å². The number of nitrogens with zero attached hydrogens (tertiary/aromatic N) is 2. The second-order valence-corrected chi connectivity index (χ2v) is 5.05. The zero-order chi connectivity index (χ0) is 17.7. The van der Waals surface area contributed by atoms with Crippen LogP contribution in [0.15, 0.2) is 36.5 Å². The molecular weight excluding hydrogens is 338 g/mol. The Hall–Kier alpha value is -3.00. The Balaban J connectivity index is 2.04. The molecule has 0 spiro atoms. The van der Waals surface area contributed by atoms with Crippen molar-refractivity contribution >= 4 is 34.9 Å². The van der Waals surface area contributed by atoms with Gasteiger partial charge in [0.15, 0.2) is 11.8 Å². The summed E-state index contributed by atoms with van der Waals surface area (Å²) in [7, 11) is 0. The summed E-state index contributed by atoms with van der Waals surface area (Å²) >= 11 is 5.79. The zero-order valence-corrected chi connectivity index (χ0v) is 13.2. The minimum Gasteiger partial charge on any atom is -0.452 e. The Bertz CT molecular complexity index is 809. The lowest BCUT2D eigenvalue weighted by molar-refractivity contribution is -0.385. The lowest BCUT2D eigenvalue weighted by Gasteiger charge is -2.08. The second kappa shape index (κ2) is 7.51. The van der Waals surface area contributed by atoms with Gasteiger partial charge in [0.25, 0.3) is 11.6 Å². The van der Waals surface area contributed by atoms with Crippen LogP contribution in [0.4, 0.5) is 11.4 Å². The van der Waals surface area contributed by atoms with Crippen LogP contribution in [0.25, 0.3) is 0 Å². The first kappa shape index (κ1) is 17.4. The summed E-state index contributed by atoms with van der Waals surface area (Å²) in [5.41, 5.74) is 0.0215. The van der Waals surface area contributed by atoms with E-state index in [-0.39, 0.29) is 22.1 Å². The number of carbonyl (C=O) groups is 2. The van der Waals surface area contributed by atoms with Gasteiger partial charge in [0.1, 0.15) is 5.56 Å². The molecule has 0 aliphatic heterocycles. The van der Waals surface area contributed by atoms with Crippen LogP contribution >= 0.6 is 11.6 Å². The molecule has 124 valence electrons. The first-order valence-electron chi connectivity index (χ1n) is 6.71. The number of ether oxygens (including phenoxy) is 1. The normalized spacial score (nSPS) is 10.1. The molecule has 1 N–H and O–H groups in total. The van der Waals surface area contributed by atoms with Crippen molar-refractivity contribution in [2.75, 3.05) is 11.9 Å². The van der Waals surface area contributed by atoms with Gasteiger partial charge in [0, 0.05) is 11.8 Å². The van der Waals surface area contributed by atoms with Crippen LogP contribution in [0.1, 0.15) is 15.9 Å². The van der Waals surface area contributed by atoms with Crippen LogP contribution in [-0.4, -0.2) is 28.4 Å². The lowest BCUT2D eigenvalue weighted by Crippen LogP contribution is -2.21. The van der Waals surface area contributed by atoms with E-state index in [2.05, 4.69) is 10.3 Å². The molecule has 0 saturated heterocycles. The van der Waals surface area contributed by atoms with Gasteiger partial charge in [-0.05, 0) is 25.1 Å². The summed E-state index contributed by atoms with van der Waals surface area (Å²) in [5, 5.41) is 13.6. The van der Waals surface area contributed by atoms with Crippen LogP contribution in [0.5, 0.6) is 0 Å². The van der Waals surface area contributed by atoms with Crippen LogP contribution < -0.4 is 5.32 Å². The van der Waals surface area contributed by atoms with Gasteiger partial charge in [-0.15, -0.1) is 0 Å². The molecule has 0 atom stereocenters. The van der Waals surface area contributed by atoms with Gasteiger partial charge in [0.05, 0.1) is 10.6 Å². The third kappa shape index (κ3) is 4.05. The number of amides is 1. The number of carbonyl (C=O) groups excluding carboxylic acids is 2. The maximum atomic E-state index is 12.0. The summed E-state index contributed by atoms with van der Waals surface area (Å²) in [6, 6.07) is 7.37. The van der Waals surface area contributed by atoms with Crippen LogP contribution in [0.2, 0.25) is 5.15 Å². The van der Waals surface area contributed by atoms with E-state index < -0.39 is 23.4 Å². The topological polar surface area (TPSA) is 111 Å². The number of benzene rings is 1. The molecule has 2 rings (SSSR count). The minimum atomic E-state index is -0.960. The van der Waals surface area contributed by atoms with E-state index in [0.29, 0.717) is 5.56 Å². The molecule has 1 aromatic heterocycles. The van der Waals surface area contributed by atoms with E-state index in [9.17, 15) is 19.7 Å². The van der Waals surface area contributed by atoms with Crippen LogP contribution in [0, 0.1) is 17.0 Å². The van der Waals surface area contributed by atoms with Gasteiger partial charge in [0.2, 0.25) is 0 Å². The predicted octanol–water partition coefficient (Wildman–Crippen LogP) is 2.75. The number of hydrogen-bond acceptors (Lipinski definition) is 6. The van der Waals surface area contributed by atoms with Gasteiger partial charge in [-0.2, -0.15) is 0 Å². The molecule has 0 bridgehead atoms. The number of esters is 1. The van der Waals surface area contributed by atoms with Crippen molar-refractivity contribution in [3.05, 3.63) is 62.9 Å². The minimum absolute atomic E-state index is 0.0894. The Morgan fingerprint density at radius 2 is 2.08 bits per heavy atom. The molecule has 0 fully saturated rings. The van der Waals surface area contributed by atoms with Gasteiger partial charge >= 0.3 is 5.97 Å². The summed E-state index contributed by atoms with van der Waals surface area (Å²) in [4.78, 5) is 38.0. The SMILES string of the molecule is Cc1cccc(C(=O)OCC(=O)Nc2cccnc2Cl)c1[N+](=O)[O-]. The number of para-hydroxylation sites is 1. The second-order valence-electron chi connectivity index (χ2n) is 4.69. The first-order valence-corrected chi connectivity index (χ1v) is 7.09. The number of pyridine rings is 1. The highest BCUT2D eigenvalue weighted by atomic mass is 35.5. The number of hydrogen-bond donors (Lipinski definition) is 1. The van der Waals surface area contributed by atoms with Crippen molar-refractivity contribution in [1.29, 1.82) is 0 Å². The number of aryl methyl sites for hydroxylation is 1. The third-order valence-corrected chi connectivity index (χ3v) is 3.31. The Morgan fingerprint density at radius 1 is 1.33 bits per heavy atom. The van der Waals surface area contributed by atoms with E-state index >= 15 is 0 Å². The number of anilines is 1. The number of aromatic nitrogens is 1. The third-order valence-electron chi connectivity index (χ3n) is 3.01. The van der Waals surface area contributed by atoms with Crippen molar-refractivity contribution in [1.82, 2.24) is 4.98 Å². The van der Waals surface area contributed by atoms with Crippen molar-refractivity contribution in [3.8, 4) is 0 Å². The van der Waals surface area contributed by atoms with Gasteiger partial charge in [-0.25, -0.2) is 9.78 Å². The summed E-state index contributed by atoms with van der Waals surface area (Å²) in [6.45, 7) is 0.890. The molecule has 0 aliphatic rings. The average molecular weight is 350 g/mol. The van der Waals surface area contributed by atoms with Crippen molar-refractivity contribution in [2.45, 2.75) is 6.92 Å². The standard InChI is InChI=1S/C15H12ClN3O5/c1-9-4-2-5-10(13(9)19(22)23)15(21)24-8-12(20)18-11-6-3-7-17-14(11)16/h2-7H,8H2,1H3,(H,18,20). The molecule has 2 aromatic rings. The summed E-state index contributed by atoms with van der Waals surface area (Å²) < 4.78 is 4.83. The van der Waals surface area contributed by atoms with Crippen LogP contribution in [-0.2, 0) is 9.53 Å². The monoisotopic (exact) mass is 349 g/mol. The van der Waals surface area contributed by atoms with Crippen molar-refractivity contribution in [2.24, 2.45) is 0 Å². The molecule has 1 amide bonds.